The summed E-state index contributed by atoms with van der Waals surface area (Å²) < 4.78 is 22.9. The predicted octanol–water partition coefficient (Wildman–Crippen LogP) is 2.67. The van der Waals surface area contributed by atoms with Crippen molar-refractivity contribution in [1.29, 1.82) is 0 Å². The first-order chi connectivity index (χ1) is 9.36. The van der Waals surface area contributed by atoms with Gasteiger partial charge in [0.15, 0.2) is 9.84 Å². The number of nitrogens with zero attached hydrogens (tertiary/aromatic N) is 1. The number of nitrogens with one attached hydrogen (secondary N) is 1. The van der Waals surface area contributed by atoms with Crippen LogP contribution in [0.15, 0.2) is 40.6 Å². The molecule has 8 heteroatoms. The van der Waals surface area contributed by atoms with E-state index in [1.807, 2.05) is 0 Å². The molecule has 0 aliphatic carbocycles. The highest BCUT2D eigenvalue weighted by molar-refractivity contribution is 7.90. The Balaban J connectivity index is 2.09. The Morgan fingerprint density at radius 1 is 1.35 bits per heavy atom. The summed E-state index contributed by atoms with van der Waals surface area (Å²) in [5.74, 6) is 0. The monoisotopic (exact) mass is 312 g/mol. The lowest BCUT2D eigenvalue weighted by Gasteiger charge is -2.06. The third-order valence-corrected chi connectivity index (χ3v) is 4.62. The molecule has 0 saturated carbocycles. The van der Waals surface area contributed by atoms with Gasteiger partial charge in [0.1, 0.15) is 0 Å². The lowest BCUT2D eigenvalue weighted by molar-refractivity contribution is -0.380. The van der Waals surface area contributed by atoms with E-state index in [1.165, 1.54) is 18.2 Å². The molecule has 0 saturated heterocycles. The highest BCUT2D eigenvalue weighted by atomic mass is 32.2. The molecule has 1 heterocycles. The predicted molar refractivity (Wildman–Crippen MR) is 77.9 cm³/mol. The van der Waals surface area contributed by atoms with Crippen molar-refractivity contribution in [2.45, 2.75) is 11.4 Å². The number of rotatable bonds is 5. The Hall–Kier alpha value is -1.93. The van der Waals surface area contributed by atoms with Gasteiger partial charge < -0.3 is 5.32 Å². The van der Waals surface area contributed by atoms with Gasteiger partial charge in [-0.15, -0.1) is 0 Å². The molecule has 0 bridgehead atoms. The minimum absolute atomic E-state index is 0.0895. The van der Waals surface area contributed by atoms with E-state index in [-0.39, 0.29) is 9.90 Å². The summed E-state index contributed by atoms with van der Waals surface area (Å²) in [6, 6.07) is 7.95. The molecule has 2 aromatic rings. The van der Waals surface area contributed by atoms with E-state index in [4.69, 9.17) is 0 Å². The molecule has 0 amide bonds. The molecule has 0 fully saturated rings. The second-order valence-electron chi connectivity index (χ2n) is 4.20. The van der Waals surface area contributed by atoms with Gasteiger partial charge in [-0.3, -0.25) is 10.1 Å². The lowest BCUT2D eigenvalue weighted by atomic mass is 10.3. The molecule has 6 nitrogen and oxygen atoms in total. The first-order valence-electron chi connectivity index (χ1n) is 5.62. The molecule has 1 N–H and O–H groups in total. The van der Waals surface area contributed by atoms with Crippen LogP contribution < -0.4 is 5.32 Å². The Labute approximate surface area is 120 Å². The third-order valence-electron chi connectivity index (χ3n) is 2.58. The molecular weight excluding hydrogens is 300 g/mol. The van der Waals surface area contributed by atoms with Crippen LogP contribution in [0.2, 0.25) is 0 Å². The zero-order valence-electron chi connectivity index (χ0n) is 10.6. The Morgan fingerprint density at radius 3 is 2.70 bits per heavy atom. The molecule has 0 unspecified atom stereocenters. The van der Waals surface area contributed by atoms with Crippen LogP contribution in [-0.2, 0) is 16.4 Å². The van der Waals surface area contributed by atoms with Crippen molar-refractivity contribution in [3.05, 3.63) is 51.4 Å². The van der Waals surface area contributed by atoms with Gasteiger partial charge >= 0.3 is 5.00 Å². The summed E-state index contributed by atoms with van der Waals surface area (Å²) in [7, 11) is -3.24. The summed E-state index contributed by atoms with van der Waals surface area (Å²) in [6.45, 7) is 0.400. The minimum atomic E-state index is -3.24. The number of hydrogen-bond donors (Lipinski definition) is 1. The Kier molecular flexibility index (Phi) is 4.05. The summed E-state index contributed by atoms with van der Waals surface area (Å²) >= 11 is 1.07. The van der Waals surface area contributed by atoms with Gasteiger partial charge in [0, 0.05) is 29.9 Å². The highest BCUT2D eigenvalue weighted by Crippen LogP contribution is 2.23. The van der Waals surface area contributed by atoms with Crippen molar-refractivity contribution in [2.75, 3.05) is 11.6 Å². The summed E-state index contributed by atoms with van der Waals surface area (Å²) in [5, 5.41) is 15.4. The lowest BCUT2D eigenvalue weighted by Crippen LogP contribution is -2.01. The molecule has 0 spiro atoms. The van der Waals surface area contributed by atoms with E-state index in [2.05, 4.69) is 5.32 Å². The molecule has 20 heavy (non-hydrogen) atoms. The maximum atomic E-state index is 11.4. The maximum Gasteiger partial charge on any atom is 0.324 e. The quantitative estimate of drug-likeness (QED) is 0.677. The van der Waals surface area contributed by atoms with Crippen molar-refractivity contribution < 1.29 is 13.3 Å². The van der Waals surface area contributed by atoms with Crippen molar-refractivity contribution >= 4 is 31.9 Å². The maximum absolute atomic E-state index is 11.4. The SMILES string of the molecule is CS(=O)(=O)c1cccc(NCc2csc([N+](=O)[O-])c2)c1. The van der Waals surface area contributed by atoms with Crippen molar-refractivity contribution in [1.82, 2.24) is 0 Å². The zero-order chi connectivity index (χ0) is 14.8. The normalized spacial score (nSPS) is 11.2. The van der Waals surface area contributed by atoms with E-state index in [0.717, 1.165) is 23.2 Å². The van der Waals surface area contributed by atoms with Crippen LogP contribution in [0.25, 0.3) is 0 Å². The smallest absolute Gasteiger partial charge is 0.324 e. The van der Waals surface area contributed by atoms with Gasteiger partial charge in [-0.1, -0.05) is 17.4 Å². The van der Waals surface area contributed by atoms with Gasteiger partial charge in [0.2, 0.25) is 0 Å². The van der Waals surface area contributed by atoms with Crippen LogP contribution in [0.5, 0.6) is 0 Å². The summed E-state index contributed by atoms with van der Waals surface area (Å²) in [4.78, 5) is 10.4. The van der Waals surface area contributed by atoms with Crippen LogP contribution in [0.4, 0.5) is 10.7 Å². The van der Waals surface area contributed by atoms with Crippen LogP contribution in [0.1, 0.15) is 5.56 Å². The molecule has 0 aliphatic heterocycles. The van der Waals surface area contributed by atoms with E-state index < -0.39 is 14.8 Å². The standard InChI is InChI=1S/C12H12N2O4S2/c1-20(17,18)11-4-2-3-10(6-11)13-7-9-5-12(14(15)16)19-8-9/h2-6,8,13H,7H2,1H3. The summed E-state index contributed by atoms with van der Waals surface area (Å²) in [6.07, 6.45) is 1.15. The summed E-state index contributed by atoms with van der Waals surface area (Å²) in [5.41, 5.74) is 1.44. The van der Waals surface area contributed by atoms with Crippen LogP contribution in [0.3, 0.4) is 0 Å². The fourth-order valence-corrected chi connectivity index (χ4v) is 2.99. The third kappa shape index (κ3) is 3.55. The van der Waals surface area contributed by atoms with Crippen LogP contribution >= 0.6 is 11.3 Å². The van der Waals surface area contributed by atoms with Gasteiger partial charge in [-0.05, 0) is 23.8 Å². The first-order valence-corrected chi connectivity index (χ1v) is 8.39. The molecule has 2 rings (SSSR count). The van der Waals surface area contributed by atoms with Crippen LogP contribution in [0, 0.1) is 10.1 Å². The van der Waals surface area contributed by atoms with Crippen molar-refractivity contribution in [2.24, 2.45) is 0 Å². The fraction of sp³-hybridized carbons (Fsp3) is 0.167. The number of thiophene rings is 1. The number of anilines is 1. The Bertz CT molecular complexity index is 737. The Morgan fingerprint density at radius 2 is 2.10 bits per heavy atom. The molecule has 0 radical (unpaired) electrons. The second kappa shape index (κ2) is 5.59. The van der Waals surface area contributed by atoms with Crippen molar-refractivity contribution in [3.8, 4) is 0 Å². The van der Waals surface area contributed by atoms with E-state index in [9.17, 15) is 18.5 Å². The molecule has 1 aromatic heterocycles. The van der Waals surface area contributed by atoms with E-state index in [1.54, 1.807) is 17.5 Å². The highest BCUT2D eigenvalue weighted by Gasteiger charge is 2.10. The average Bonchev–Trinajstić information content (AvgIpc) is 2.85. The molecule has 0 aliphatic rings. The van der Waals surface area contributed by atoms with Gasteiger partial charge in [0.25, 0.3) is 0 Å². The topological polar surface area (TPSA) is 89.3 Å². The van der Waals surface area contributed by atoms with Crippen molar-refractivity contribution in [3.63, 3.8) is 0 Å². The molecule has 1 aromatic carbocycles. The molecule has 106 valence electrons. The average molecular weight is 312 g/mol. The largest absolute Gasteiger partial charge is 0.381 e. The molecular formula is C12H12N2O4S2. The molecule has 0 atom stereocenters. The zero-order valence-corrected chi connectivity index (χ0v) is 12.2. The fourth-order valence-electron chi connectivity index (χ4n) is 1.59. The van der Waals surface area contributed by atoms with E-state index in [0.29, 0.717) is 12.2 Å². The number of nitro groups is 1. The number of benzene rings is 1. The first kappa shape index (κ1) is 14.5. The number of sulfone groups is 1. The van der Waals surface area contributed by atoms with Gasteiger partial charge in [-0.2, -0.15) is 0 Å². The van der Waals surface area contributed by atoms with Gasteiger partial charge in [0.05, 0.1) is 9.82 Å². The number of hydrogen-bond acceptors (Lipinski definition) is 6. The minimum Gasteiger partial charge on any atom is -0.381 e. The van der Waals surface area contributed by atoms with Crippen LogP contribution in [-0.4, -0.2) is 19.6 Å². The van der Waals surface area contributed by atoms with Gasteiger partial charge in [-0.25, -0.2) is 8.42 Å². The second-order valence-corrected chi connectivity index (χ2v) is 7.11. The van der Waals surface area contributed by atoms with E-state index >= 15 is 0 Å².